The molecule has 8 heteroatoms. The molecule has 29 heavy (non-hydrogen) atoms. The Balaban J connectivity index is 3.00. The van der Waals surface area contributed by atoms with Gasteiger partial charge in [0.25, 0.3) is 0 Å². The average Bonchev–Trinajstić information content (AvgIpc) is 2.97. The van der Waals surface area contributed by atoms with Gasteiger partial charge in [-0.15, -0.1) is 19.7 Å². The van der Waals surface area contributed by atoms with Crippen LogP contribution in [0, 0.1) is 5.92 Å². The lowest BCUT2D eigenvalue weighted by molar-refractivity contribution is -0.149. The van der Waals surface area contributed by atoms with Gasteiger partial charge in [-0.1, -0.05) is 18.2 Å². The van der Waals surface area contributed by atoms with Crippen molar-refractivity contribution in [3.63, 3.8) is 0 Å². The van der Waals surface area contributed by atoms with Crippen LogP contribution in [-0.4, -0.2) is 54.5 Å². The fraction of sp³-hybridized carbons (Fsp3) is 0.571. The van der Waals surface area contributed by atoms with E-state index in [0.717, 1.165) is 0 Å². The number of amides is 2. The molecule has 8 nitrogen and oxygen atoms in total. The number of hydrogen-bond acceptors (Lipinski definition) is 6. The first-order chi connectivity index (χ1) is 13.6. The minimum atomic E-state index is -0.932. The summed E-state index contributed by atoms with van der Waals surface area (Å²) in [7, 11) is 0. The van der Waals surface area contributed by atoms with Crippen molar-refractivity contribution in [1.29, 1.82) is 0 Å². The van der Waals surface area contributed by atoms with Crippen LogP contribution in [0.1, 0.15) is 34.1 Å². The van der Waals surface area contributed by atoms with E-state index in [2.05, 4.69) is 30.4 Å². The Bertz CT molecular complexity index is 640. The fourth-order valence-corrected chi connectivity index (χ4v) is 2.97. The summed E-state index contributed by atoms with van der Waals surface area (Å²) < 4.78 is 16.1. The predicted molar refractivity (Wildman–Crippen MR) is 109 cm³/mol. The van der Waals surface area contributed by atoms with Gasteiger partial charge in [-0.25, -0.2) is 4.79 Å². The van der Waals surface area contributed by atoms with Crippen LogP contribution >= 0.6 is 0 Å². The standard InChI is InChI=1S/C21H32N2O6/c1-8-12-13(22-20(26)29-21(5,6)7)18(24)23-17-15(10-3)28-14(9-2)16(17)19(25)27-11-4/h8-10,13-17H,1-3,11-12H2,4-7H3,(H,22,26)(H,23,24)/t13-,14-,15+,16-,17-/m1/s1. The molecule has 2 N–H and O–H groups in total. The van der Waals surface area contributed by atoms with E-state index in [1.54, 1.807) is 27.7 Å². The molecule has 1 fully saturated rings. The van der Waals surface area contributed by atoms with Crippen LogP contribution in [0.15, 0.2) is 38.0 Å². The van der Waals surface area contributed by atoms with Gasteiger partial charge in [-0.2, -0.15) is 0 Å². The second-order valence-corrected chi connectivity index (χ2v) is 7.57. The summed E-state index contributed by atoms with van der Waals surface area (Å²) in [6.45, 7) is 18.1. The van der Waals surface area contributed by atoms with Gasteiger partial charge in [-0.05, 0) is 34.1 Å². The Kier molecular flexibility index (Phi) is 9.10. The molecular weight excluding hydrogens is 376 g/mol. The van der Waals surface area contributed by atoms with E-state index in [4.69, 9.17) is 14.2 Å². The Morgan fingerprint density at radius 3 is 2.24 bits per heavy atom. The predicted octanol–water partition coefficient (Wildman–Crippen LogP) is 2.26. The molecule has 1 saturated heterocycles. The monoisotopic (exact) mass is 408 g/mol. The summed E-state index contributed by atoms with van der Waals surface area (Å²) in [5.74, 6) is -1.80. The maximum atomic E-state index is 12.9. The summed E-state index contributed by atoms with van der Waals surface area (Å²) in [4.78, 5) is 37.4. The van der Waals surface area contributed by atoms with Crippen molar-refractivity contribution in [1.82, 2.24) is 10.6 Å². The van der Waals surface area contributed by atoms with Crippen LogP contribution in [0.4, 0.5) is 4.79 Å². The van der Waals surface area contributed by atoms with Gasteiger partial charge in [-0.3, -0.25) is 9.59 Å². The minimum absolute atomic E-state index is 0.173. The highest BCUT2D eigenvalue weighted by molar-refractivity contribution is 5.87. The third kappa shape index (κ3) is 7.05. The molecular formula is C21H32N2O6. The van der Waals surface area contributed by atoms with Crippen molar-refractivity contribution < 1.29 is 28.6 Å². The third-order valence-corrected chi connectivity index (χ3v) is 4.15. The quantitative estimate of drug-likeness (QED) is 0.448. The van der Waals surface area contributed by atoms with Gasteiger partial charge < -0.3 is 24.8 Å². The second kappa shape index (κ2) is 10.8. The molecule has 0 aromatic heterocycles. The molecule has 0 radical (unpaired) electrons. The van der Waals surface area contributed by atoms with Crippen molar-refractivity contribution in [2.24, 2.45) is 5.92 Å². The van der Waals surface area contributed by atoms with Crippen LogP contribution in [0.5, 0.6) is 0 Å². The maximum absolute atomic E-state index is 12.9. The molecule has 1 rings (SSSR count). The maximum Gasteiger partial charge on any atom is 0.408 e. The zero-order valence-electron chi connectivity index (χ0n) is 17.6. The molecule has 0 bridgehead atoms. The summed E-state index contributed by atoms with van der Waals surface area (Å²) in [5, 5.41) is 5.31. The van der Waals surface area contributed by atoms with Crippen molar-refractivity contribution in [3.05, 3.63) is 38.0 Å². The van der Waals surface area contributed by atoms with Crippen molar-refractivity contribution in [3.8, 4) is 0 Å². The SMILES string of the molecule is C=CC[C@@H](NC(=O)OC(C)(C)C)C(=O)N[C@H]1[C@H](C(=O)OCC)[C@@H](C=C)O[C@H]1C=C. The van der Waals surface area contributed by atoms with E-state index < -0.39 is 53.8 Å². The van der Waals surface area contributed by atoms with Crippen molar-refractivity contribution in [2.45, 2.75) is 64.0 Å². The van der Waals surface area contributed by atoms with Gasteiger partial charge in [0.05, 0.1) is 24.9 Å². The first kappa shape index (κ1) is 24.4. The Morgan fingerprint density at radius 2 is 1.76 bits per heavy atom. The van der Waals surface area contributed by atoms with Gasteiger partial charge in [0.2, 0.25) is 5.91 Å². The molecule has 1 aliphatic rings. The van der Waals surface area contributed by atoms with E-state index in [0.29, 0.717) is 0 Å². The highest BCUT2D eigenvalue weighted by Crippen LogP contribution is 2.30. The molecule has 0 unspecified atom stereocenters. The zero-order chi connectivity index (χ0) is 22.2. The number of nitrogens with one attached hydrogen (secondary N) is 2. The number of hydrogen-bond donors (Lipinski definition) is 2. The zero-order valence-corrected chi connectivity index (χ0v) is 17.6. The largest absolute Gasteiger partial charge is 0.466 e. The number of carbonyl (C=O) groups excluding carboxylic acids is 3. The molecule has 1 heterocycles. The lowest BCUT2D eigenvalue weighted by atomic mass is 9.93. The van der Waals surface area contributed by atoms with Crippen LogP contribution in [-0.2, 0) is 23.8 Å². The summed E-state index contributed by atoms with van der Waals surface area (Å²) in [6.07, 6.45) is 2.68. The van der Waals surface area contributed by atoms with Crippen molar-refractivity contribution in [2.75, 3.05) is 6.61 Å². The van der Waals surface area contributed by atoms with Crippen LogP contribution < -0.4 is 10.6 Å². The summed E-state index contributed by atoms with van der Waals surface area (Å²) in [5.41, 5.74) is -0.710. The van der Waals surface area contributed by atoms with E-state index >= 15 is 0 Å². The Hall–Kier alpha value is -2.61. The number of rotatable bonds is 9. The summed E-state index contributed by atoms with van der Waals surface area (Å²) >= 11 is 0. The number of esters is 1. The molecule has 0 saturated carbocycles. The van der Waals surface area contributed by atoms with Crippen LogP contribution in [0.3, 0.4) is 0 Å². The number of ether oxygens (including phenoxy) is 3. The molecule has 1 aliphatic heterocycles. The topological polar surface area (TPSA) is 103 Å². The van der Waals surface area contributed by atoms with E-state index in [1.807, 2.05) is 0 Å². The second-order valence-electron chi connectivity index (χ2n) is 7.57. The Labute approximate surface area is 172 Å². The smallest absolute Gasteiger partial charge is 0.408 e. The fourth-order valence-electron chi connectivity index (χ4n) is 2.97. The Morgan fingerprint density at radius 1 is 1.14 bits per heavy atom. The average molecular weight is 408 g/mol. The lowest BCUT2D eigenvalue weighted by Crippen LogP contribution is -2.54. The molecule has 0 aliphatic carbocycles. The van der Waals surface area contributed by atoms with Crippen LogP contribution in [0.2, 0.25) is 0 Å². The first-order valence-electron chi connectivity index (χ1n) is 9.55. The number of alkyl carbamates (subject to hydrolysis) is 1. The highest BCUT2D eigenvalue weighted by Gasteiger charge is 2.48. The molecule has 5 atom stereocenters. The third-order valence-electron chi connectivity index (χ3n) is 4.15. The summed E-state index contributed by atoms with van der Waals surface area (Å²) in [6, 6.07) is -1.66. The van der Waals surface area contributed by atoms with Gasteiger partial charge >= 0.3 is 12.1 Å². The molecule has 0 spiro atoms. The molecule has 0 aromatic carbocycles. The molecule has 162 valence electrons. The lowest BCUT2D eigenvalue weighted by Gasteiger charge is -2.26. The van der Waals surface area contributed by atoms with Crippen LogP contribution in [0.25, 0.3) is 0 Å². The van der Waals surface area contributed by atoms with Crippen molar-refractivity contribution >= 4 is 18.0 Å². The van der Waals surface area contributed by atoms with E-state index in [9.17, 15) is 14.4 Å². The molecule has 2 amide bonds. The molecule has 0 aromatic rings. The van der Waals surface area contributed by atoms with E-state index in [-0.39, 0.29) is 13.0 Å². The minimum Gasteiger partial charge on any atom is -0.466 e. The van der Waals surface area contributed by atoms with Gasteiger partial charge in [0.15, 0.2) is 0 Å². The van der Waals surface area contributed by atoms with Gasteiger partial charge in [0.1, 0.15) is 17.6 Å². The number of carbonyl (C=O) groups is 3. The van der Waals surface area contributed by atoms with E-state index in [1.165, 1.54) is 18.2 Å². The normalized spacial score (nSPS) is 24.7. The van der Waals surface area contributed by atoms with Gasteiger partial charge in [0, 0.05) is 0 Å². The first-order valence-corrected chi connectivity index (χ1v) is 9.55. The highest BCUT2D eigenvalue weighted by atomic mass is 16.6.